The molecule has 1 unspecified atom stereocenters. The van der Waals surface area contributed by atoms with E-state index in [2.05, 4.69) is 20.3 Å². The van der Waals surface area contributed by atoms with E-state index in [-0.39, 0.29) is 26.0 Å². The normalized spacial score (nSPS) is 26.6. The maximum atomic E-state index is 10.7. The summed E-state index contributed by atoms with van der Waals surface area (Å²) in [5.41, 5.74) is 0. The summed E-state index contributed by atoms with van der Waals surface area (Å²) in [6.07, 6.45) is 3.50. The molecule has 0 radical (unpaired) electrons. The average Bonchev–Trinajstić information content (AvgIpc) is 2.71. The van der Waals surface area contributed by atoms with Crippen molar-refractivity contribution in [1.29, 1.82) is 0 Å². The number of hydrogen-bond donors (Lipinski definition) is 3. The molecule has 1 aromatic rings. The highest BCUT2D eigenvalue weighted by atomic mass is 31.1. The monoisotopic (exact) mass is 289 g/mol. The highest BCUT2D eigenvalue weighted by molar-refractivity contribution is 7.32. The Morgan fingerprint density at radius 2 is 2.11 bits per heavy atom. The SMILES string of the molecule is C.O=[P+](O)O[C@H]1C[C@H](Nc2ncncn2)C[C@@H]1CO. The minimum atomic E-state index is -2.65. The number of rotatable bonds is 5. The van der Waals surface area contributed by atoms with Gasteiger partial charge >= 0.3 is 8.25 Å². The zero-order chi connectivity index (χ0) is 13.0. The number of nitrogens with one attached hydrogen (secondary N) is 1. The first-order valence-electron chi connectivity index (χ1n) is 5.51. The standard InChI is InChI=1S/C9H13N4O4P.CH4/c14-3-6-1-7(2-8(6)17-18(15)16)13-9-11-4-10-5-12-9;/h4-8,14H,1-3H2,(H-,10,11,12,13,15,16);1H4/p+1/t6-,7-,8+;/m1./s1. The largest absolute Gasteiger partial charge is 0.695 e. The molecule has 0 aliphatic heterocycles. The highest BCUT2D eigenvalue weighted by Gasteiger charge is 2.40. The van der Waals surface area contributed by atoms with Gasteiger partial charge in [0.25, 0.3) is 0 Å². The lowest BCUT2D eigenvalue weighted by Crippen LogP contribution is -2.19. The van der Waals surface area contributed by atoms with Crippen LogP contribution in [0, 0.1) is 5.92 Å². The lowest BCUT2D eigenvalue weighted by atomic mass is 10.1. The molecular formula is C10H18N4O4P+. The van der Waals surface area contributed by atoms with Gasteiger partial charge in [0, 0.05) is 23.1 Å². The molecule has 0 bridgehead atoms. The second kappa shape index (κ2) is 7.40. The van der Waals surface area contributed by atoms with Crippen LogP contribution in [0.15, 0.2) is 12.7 Å². The summed E-state index contributed by atoms with van der Waals surface area (Å²) in [4.78, 5) is 20.3. The predicted octanol–water partition coefficient (Wildman–Crippen LogP) is 0.725. The summed E-state index contributed by atoms with van der Waals surface area (Å²) in [6, 6.07) is 0.00417. The molecule has 0 amide bonds. The first kappa shape index (κ1) is 15.8. The third-order valence-corrected chi connectivity index (χ3v) is 3.37. The van der Waals surface area contributed by atoms with Gasteiger partial charge < -0.3 is 10.4 Å². The van der Waals surface area contributed by atoms with Gasteiger partial charge in [-0.05, 0) is 12.8 Å². The van der Waals surface area contributed by atoms with Crippen LogP contribution in [-0.4, -0.2) is 43.7 Å². The third kappa shape index (κ3) is 4.43. The molecule has 0 aromatic carbocycles. The molecule has 0 saturated heterocycles. The topological polar surface area (TPSA) is 117 Å². The number of hydrogen-bond acceptors (Lipinski definition) is 7. The van der Waals surface area contributed by atoms with Crippen molar-refractivity contribution in [2.24, 2.45) is 5.92 Å². The predicted molar refractivity (Wildman–Crippen MR) is 68.5 cm³/mol. The van der Waals surface area contributed by atoms with E-state index >= 15 is 0 Å². The lowest BCUT2D eigenvalue weighted by molar-refractivity contribution is 0.106. The zero-order valence-electron chi connectivity index (χ0n) is 9.51. The number of aromatic nitrogens is 3. The molecule has 1 aromatic heterocycles. The van der Waals surface area contributed by atoms with Crippen molar-refractivity contribution in [2.45, 2.75) is 32.4 Å². The molecule has 8 nitrogen and oxygen atoms in total. The van der Waals surface area contributed by atoms with E-state index in [1.165, 1.54) is 12.7 Å². The Morgan fingerprint density at radius 1 is 1.42 bits per heavy atom. The van der Waals surface area contributed by atoms with Gasteiger partial charge in [0.2, 0.25) is 5.95 Å². The first-order valence-corrected chi connectivity index (χ1v) is 6.64. The van der Waals surface area contributed by atoms with Gasteiger partial charge in [-0.1, -0.05) is 7.43 Å². The highest BCUT2D eigenvalue weighted by Crippen LogP contribution is 2.35. The fourth-order valence-corrected chi connectivity index (χ4v) is 2.63. The average molecular weight is 289 g/mol. The van der Waals surface area contributed by atoms with Crippen LogP contribution in [0.4, 0.5) is 5.95 Å². The van der Waals surface area contributed by atoms with Crippen LogP contribution in [0.2, 0.25) is 0 Å². The Labute approximate surface area is 112 Å². The van der Waals surface area contributed by atoms with Crippen molar-refractivity contribution in [3.8, 4) is 0 Å². The van der Waals surface area contributed by atoms with E-state index in [0.717, 1.165) is 0 Å². The quantitative estimate of drug-likeness (QED) is 0.679. The molecule has 1 fully saturated rings. The molecule has 1 saturated carbocycles. The molecule has 1 aliphatic carbocycles. The summed E-state index contributed by atoms with van der Waals surface area (Å²) < 4.78 is 15.6. The van der Waals surface area contributed by atoms with E-state index in [9.17, 15) is 9.67 Å². The van der Waals surface area contributed by atoms with Gasteiger partial charge in [0.05, 0.1) is 0 Å². The van der Waals surface area contributed by atoms with Gasteiger partial charge in [-0.25, -0.2) is 15.0 Å². The lowest BCUT2D eigenvalue weighted by Gasteiger charge is -2.10. The Kier molecular flexibility index (Phi) is 6.17. The fraction of sp³-hybridized carbons (Fsp3) is 0.700. The van der Waals surface area contributed by atoms with E-state index in [1.807, 2.05) is 0 Å². The Morgan fingerprint density at radius 3 is 2.68 bits per heavy atom. The van der Waals surface area contributed by atoms with E-state index in [4.69, 9.17) is 9.42 Å². The van der Waals surface area contributed by atoms with Crippen molar-refractivity contribution in [3.05, 3.63) is 12.7 Å². The fourth-order valence-electron chi connectivity index (χ4n) is 2.14. The van der Waals surface area contributed by atoms with Crippen molar-refractivity contribution < 1.29 is 19.1 Å². The molecule has 0 spiro atoms. The van der Waals surface area contributed by atoms with Gasteiger partial charge in [0.1, 0.15) is 18.8 Å². The van der Waals surface area contributed by atoms with E-state index in [1.54, 1.807) is 0 Å². The minimum Gasteiger partial charge on any atom is -0.396 e. The molecule has 1 heterocycles. The molecule has 3 N–H and O–H groups in total. The Balaban J connectivity index is 0.00000180. The maximum absolute atomic E-state index is 10.7. The van der Waals surface area contributed by atoms with Crippen LogP contribution >= 0.6 is 8.25 Å². The number of nitrogens with zero attached hydrogens (tertiary/aromatic N) is 3. The number of anilines is 1. The first-order chi connectivity index (χ1) is 8.69. The van der Waals surface area contributed by atoms with E-state index in [0.29, 0.717) is 18.8 Å². The second-order valence-corrected chi connectivity index (χ2v) is 4.79. The van der Waals surface area contributed by atoms with Crippen LogP contribution in [0.5, 0.6) is 0 Å². The second-order valence-electron chi connectivity index (χ2n) is 4.10. The van der Waals surface area contributed by atoms with Crippen molar-refractivity contribution in [2.75, 3.05) is 11.9 Å². The Bertz CT molecular complexity index is 408. The molecule has 4 atom stereocenters. The van der Waals surface area contributed by atoms with Gasteiger partial charge in [-0.3, -0.25) is 0 Å². The molecule has 9 heteroatoms. The van der Waals surface area contributed by atoms with Crippen LogP contribution in [-0.2, 0) is 9.09 Å². The molecule has 1 aliphatic rings. The van der Waals surface area contributed by atoms with Crippen LogP contribution in [0.3, 0.4) is 0 Å². The zero-order valence-corrected chi connectivity index (χ0v) is 10.4. The van der Waals surface area contributed by atoms with Crippen molar-refractivity contribution in [1.82, 2.24) is 15.0 Å². The summed E-state index contributed by atoms with van der Waals surface area (Å²) in [5, 5.41) is 12.3. The van der Waals surface area contributed by atoms with Gasteiger partial charge in [0.15, 0.2) is 0 Å². The summed E-state index contributed by atoms with van der Waals surface area (Å²) in [6.45, 7) is -0.0801. The van der Waals surface area contributed by atoms with E-state index < -0.39 is 14.4 Å². The molecule has 19 heavy (non-hydrogen) atoms. The molecular weight excluding hydrogens is 271 g/mol. The summed E-state index contributed by atoms with van der Waals surface area (Å²) in [5.74, 6) is 0.288. The Hall–Kier alpha value is -1.21. The molecule has 2 rings (SSSR count). The van der Waals surface area contributed by atoms with Gasteiger partial charge in [-0.2, -0.15) is 0 Å². The number of aliphatic hydroxyl groups excluding tert-OH is 1. The van der Waals surface area contributed by atoms with Gasteiger partial charge in [-0.15, -0.1) is 9.42 Å². The molecule has 106 valence electrons. The third-order valence-electron chi connectivity index (χ3n) is 2.92. The van der Waals surface area contributed by atoms with Crippen LogP contribution in [0.25, 0.3) is 0 Å². The number of aliphatic hydroxyl groups is 1. The van der Waals surface area contributed by atoms with Crippen molar-refractivity contribution in [3.63, 3.8) is 0 Å². The van der Waals surface area contributed by atoms with Crippen LogP contribution in [0.1, 0.15) is 20.3 Å². The summed E-state index contributed by atoms with van der Waals surface area (Å²) >= 11 is 0. The maximum Gasteiger partial charge on any atom is 0.695 e. The van der Waals surface area contributed by atoms with Crippen LogP contribution < -0.4 is 5.32 Å². The smallest absolute Gasteiger partial charge is 0.396 e. The summed E-state index contributed by atoms with van der Waals surface area (Å²) in [7, 11) is -2.65. The van der Waals surface area contributed by atoms with Crippen molar-refractivity contribution >= 4 is 14.2 Å². The minimum absolute atomic E-state index is 0.